The maximum Gasteiger partial charge on any atom is 0.0839 e. The third-order valence-electron chi connectivity index (χ3n) is 2.34. The van der Waals surface area contributed by atoms with Gasteiger partial charge in [-0.15, -0.1) is 0 Å². The quantitative estimate of drug-likeness (QED) is 0.758. The number of hydrogen-bond donors (Lipinski definition) is 0. The Morgan fingerprint density at radius 2 is 2.00 bits per heavy atom. The van der Waals surface area contributed by atoms with Crippen molar-refractivity contribution in [2.24, 2.45) is 7.05 Å². The van der Waals surface area contributed by atoms with Gasteiger partial charge in [0.25, 0.3) is 0 Å². The summed E-state index contributed by atoms with van der Waals surface area (Å²) in [7, 11) is 1.89. The Bertz CT molecular complexity index is 549. The molecule has 16 heavy (non-hydrogen) atoms. The van der Waals surface area contributed by atoms with Crippen LogP contribution in [0.4, 0.5) is 0 Å². The van der Waals surface area contributed by atoms with Crippen molar-refractivity contribution in [1.82, 2.24) is 9.78 Å². The second-order valence-electron chi connectivity index (χ2n) is 3.50. The molecule has 0 bridgehead atoms. The van der Waals surface area contributed by atoms with Gasteiger partial charge >= 0.3 is 0 Å². The summed E-state index contributed by atoms with van der Waals surface area (Å²) >= 11 is 15.6. The van der Waals surface area contributed by atoms with Gasteiger partial charge in [-0.05, 0) is 41.1 Å². The number of benzene rings is 1. The van der Waals surface area contributed by atoms with E-state index in [0.29, 0.717) is 10.0 Å². The van der Waals surface area contributed by atoms with Crippen LogP contribution < -0.4 is 0 Å². The molecule has 1 aromatic carbocycles. The lowest BCUT2D eigenvalue weighted by Gasteiger charge is -2.06. The van der Waals surface area contributed by atoms with Crippen LogP contribution in [0.15, 0.2) is 22.7 Å². The fraction of sp³-hybridized carbons (Fsp3) is 0.182. The number of halogens is 3. The lowest BCUT2D eigenvalue weighted by atomic mass is 10.1. The standard InChI is InChI=1S/C11H9BrCl2N2/c1-6-10(12)11(16(2)15-6)8-4-3-7(13)5-9(8)14/h3-5H,1-2H3. The molecule has 84 valence electrons. The summed E-state index contributed by atoms with van der Waals surface area (Å²) in [4.78, 5) is 0. The highest BCUT2D eigenvalue weighted by Gasteiger charge is 2.15. The minimum atomic E-state index is 0.621. The van der Waals surface area contributed by atoms with E-state index in [9.17, 15) is 0 Å². The molecular formula is C11H9BrCl2N2. The highest BCUT2D eigenvalue weighted by molar-refractivity contribution is 9.10. The number of nitrogens with zero attached hydrogens (tertiary/aromatic N) is 2. The zero-order valence-corrected chi connectivity index (χ0v) is 11.9. The first-order valence-corrected chi connectivity index (χ1v) is 6.20. The molecule has 0 N–H and O–H groups in total. The summed E-state index contributed by atoms with van der Waals surface area (Å²) in [5.74, 6) is 0. The van der Waals surface area contributed by atoms with Crippen LogP contribution in [0, 0.1) is 6.92 Å². The van der Waals surface area contributed by atoms with Gasteiger partial charge < -0.3 is 0 Å². The molecule has 0 aliphatic carbocycles. The SMILES string of the molecule is Cc1nn(C)c(-c2ccc(Cl)cc2Cl)c1Br. The fourth-order valence-electron chi connectivity index (χ4n) is 1.61. The first kappa shape index (κ1) is 12.0. The second kappa shape index (κ2) is 4.40. The van der Waals surface area contributed by atoms with E-state index in [1.807, 2.05) is 26.1 Å². The average molecular weight is 320 g/mol. The summed E-state index contributed by atoms with van der Waals surface area (Å²) in [6, 6.07) is 5.44. The van der Waals surface area contributed by atoms with Gasteiger partial charge in [0.1, 0.15) is 0 Å². The summed E-state index contributed by atoms with van der Waals surface area (Å²) in [6.45, 7) is 1.94. The van der Waals surface area contributed by atoms with Crippen molar-refractivity contribution >= 4 is 39.1 Å². The van der Waals surface area contributed by atoms with Crippen molar-refractivity contribution in [1.29, 1.82) is 0 Å². The molecule has 0 saturated heterocycles. The molecule has 0 saturated carbocycles. The minimum absolute atomic E-state index is 0.621. The summed E-state index contributed by atoms with van der Waals surface area (Å²) in [6.07, 6.45) is 0. The van der Waals surface area contributed by atoms with Crippen LogP contribution in [0.1, 0.15) is 5.69 Å². The smallest absolute Gasteiger partial charge is 0.0839 e. The summed E-state index contributed by atoms with van der Waals surface area (Å²) in [5.41, 5.74) is 2.81. The van der Waals surface area contributed by atoms with Gasteiger partial charge in [-0.3, -0.25) is 4.68 Å². The van der Waals surface area contributed by atoms with Gasteiger partial charge in [0, 0.05) is 17.6 Å². The molecule has 0 unspecified atom stereocenters. The maximum atomic E-state index is 6.17. The third-order valence-corrected chi connectivity index (χ3v) is 3.83. The van der Waals surface area contributed by atoms with Gasteiger partial charge in [0.15, 0.2) is 0 Å². The first-order chi connectivity index (χ1) is 7.50. The molecule has 0 fully saturated rings. The Hall–Kier alpha value is -0.510. The van der Waals surface area contributed by atoms with E-state index >= 15 is 0 Å². The summed E-state index contributed by atoms with van der Waals surface area (Å²) in [5, 5.41) is 5.58. The van der Waals surface area contributed by atoms with Crippen LogP contribution in [0.2, 0.25) is 10.0 Å². The Labute approximate surface area is 112 Å². The van der Waals surface area contributed by atoms with Gasteiger partial charge in [-0.2, -0.15) is 5.10 Å². The zero-order valence-electron chi connectivity index (χ0n) is 8.76. The molecular weight excluding hydrogens is 311 g/mol. The topological polar surface area (TPSA) is 17.8 Å². The molecule has 1 heterocycles. The van der Waals surface area contributed by atoms with Crippen LogP contribution in [0.5, 0.6) is 0 Å². The number of aromatic nitrogens is 2. The third kappa shape index (κ3) is 1.99. The molecule has 5 heteroatoms. The Morgan fingerprint density at radius 1 is 1.31 bits per heavy atom. The monoisotopic (exact) mass is 318 g/mol. The normalized spacial score (nSPS) is 10.8. The van der Waals surface area contributed by atoms with E-state index in [4.69, 9.17) is 23.2 Å². The van der Waals surface area contributed by atoms with E-state index in [1.165, 1.54) is 0 Å². The van der Waals surface area contributed by atoms with Crippen molar-refractivity contribution < 1.29 is 0 Å². The molecule has 0 aliphatic heterocycles. The molecule has 2 rings (SSSR count). The number of aryl methyl sites for hydroxylation is 2. The molecule has 0 spiro atoms. The average Bonchev–Trinajstić information content (AvgIpc) is 2.43. The molecule has 0 aliphatic rings. The zero-order chi connectivity index (χ0) is 11.9. The Morgan fingerprint density at radius 3 is 2.50 bits per heavy atom. The van der Waals surface area contributed by atoms with Gasteiger partial charge in [0.2, 0.25) is 0 Å². The molecule has 2 nitrogen and oxygen atoms in total. The fourth-order valence-corrected chi connectivity index (χ4v) is 2.65. The van der Waals surface area contributed by atoms with Crippen LogP contribution in [-0.4, -0.2) is 9.78 Å². The van der Waals surface area contributed by atoms with Crippen LogP contribution >= 0.6 is 39.1 Å². The largest absolute Gasteiger partial charge is 0.266 e. The number of rotatable bonds is 1. The summed E-state index contributed by atoms with van der Waals surface area (Å²) < 4.78 is 2.76. The predicted octanol–water partition coefficient (Wildman–Crippen LogP) is 4.46. The second-order valence-corrected chi connectivity index (χ2v) is 5.13. The van der Waals surface area contributed by atoms with Crippen LogP contribution in [0.25, 0.3) is 11.3 Å². The minimum Gasteiger partial charge on any atom is -0.266 e. The number of hydrogen-bond acceptors (Lipinski definition) is 1. The van der Waals surface area contributed by atoms with E-state index in [1.54, 1.807) is 10.7 Å². The van der Waals surface area contributed by atoms with E-state index < -0.39 is 0 Å². The molecule has 0 radical (unpaired) electrons. The molecule has 2 aromatic rings. The van der Waals surface area contributed by atoms with E-state index in [0.717, 1.165) is 21.4 Å². The van der Waals surface area contributed by atoms with Gasteiger partial charge in [-0.1, -0.05) is 23.2 Å². The van der Waals surface area contributed by atoms with E-state index in [-0.39, 0.29) is 0 Å². The van der Waals surface area contributed by atoms with Crippen molar-refractivity contribution in [2.45, 2.75) is 6.92 Å². The molecule has 0 atom stereocenters. The highest BCUT2D eigenvalue weighted by atomic mass is 79.9. The Balaban J connectivity index is 2.67. The van der Waals surface area contributed by atoms with Crippen LogP contribution in [-0.2, 0) is 7.05 Å². The maximum absolute atomic E-state index is 6.17. The molecule has 0 amide bonds. The van der Waals surface area contributed by atoms with Gasteiger partial charge in [0.05, 0.1) is 20.9 Å². The molecule has 1 aromatic heterocycles. The van der Waals surface area contributed by atoms with Gasteiger partial charge in [-0.25, -0.2) is 0 Å². The lowest BCUT2D eigenvalue weighted by molar-refractivity contribution is 0.764. The first-order valence-electron chi connectivity index (χ1n) is 4.65. The van der Waals surface area contributed by atoms with Crippen LogP contribution in [0.3, 0.4) is 0 Å². The van der Waals surface area contributed by atoms with Crippen molar-refractivity contribution in [3.8, 4) is 11.3 Å². The van der Waals surface area contributed by atoms with Crippen molar-refractivity contribution in [2.75, 3.05) is 0 Å². The predicted molar refractivity (Wildman–Crippen MR) is 71.1 cm³/mol. The Kier molecular flexibility index (Phi) is 3.29. The van der Waals surface area contributed by atoms with Crippen molar-refractivity contribution in [3.63, 3.8) is 0 Å². The van der Waals surface area contributed by atoms with Crippen molar-refractivity contribution in [3.05, 3.63) is 38.4 Å². The van der Waals surface area contributed by atoms with E-state index in [2.05, 4.69) is 21.0 Å². The lowest BCUT2D eigenvalue weighted by Crippen LogP contribution is -1.94. The highest BCUT2D eigenvalue weighted by Crippen LogP contribution is 2.35.